The maximum atomic E-state index is 12.0. The van der Waals surface area contributed by atoms with Crippen LogP contribution in [0.2, 0.25) is 0 Å². The highest BCUT2D eigenvalue weighted by atomic mass is 16.5. The van der Waals surface area contributed by atoms with Crippen LogP contribution in [0.25, 0.3) is 0 Å². The average Bonchev–Trinajstić information content (AvgIpc) is 3.02. The number of carbonyl (C=O) groups is 2. The predicted octanol–water partition coefficient (Wildman–Crippen LogP) is 2.36. The quantitative estimate of drug-likeness (QED) is 0.689. The molecule has 0 atom stereocenters. The van der Waals surface area contributed by atoms with Crippen LogP contribution in [0.3, 0.4) is 0 Å². The van der Waals surface area contributed by atoms with Crippen LogP contribution in [0.5, 0.6) is 0 Å². The molecular formula is C18H18N2O4. The average molecular weight is 326 g/mol. The lowest BCUT2D eigenvalue weighted by Gasteiger charge is -2.19. The molecule has 1 heterocycles. The Labute approximate surface area is 139 Å². The summed E-state index contributed by atoms with van der Waals surface area (Å²) >= 11 is 0. The number of fused-ring (bicyclic) bond motifs is 1. The van der Waals surface area contributed by atoms with Gasteiger partial charge in [0.15, 0.2) is 0 Å². The van der Waals surface area contributed by atoms with E-state index in [1.807, 2.05) is 18.2 Å². The molecule has 3 rings (SSSR count). The Morgan fingerprint density at radius 1 is 0.917 bits per heavy atom. The van der Waals surface area contributed by atoms with Crippen LogP contribution in [0.4, 0.5) is 11.4 Å². The molecule has 0 amide bonds. The van der Waals surface area contributed by atoms with Crippen molar-refractivity contribution in [3.8, 4) is 0 Å². The molecule has 0 fully saturated rings. The molecule has 2 aromatic rings. The molecule has 1 aliphatic heterocycles. The van der Waals surface area contributed by atoms with E-state index >= 15 is 0 Å². The van der Waals surface area contributed by atoms with Crippen molar-refractivity contribution < 1.29 is 19.1 Å². The number of methoxy groups -OCH3 is 2. The molecule has 0 unspecified atom stereocenters. The van der Waals surface area contributed by atoms with E-state index in [9.17, 15) is 9.59 Å². The molecule has 2 N–H and O–H groups in total. The molecule has 2 aromatic carbocycles. The largest absolute Gasteiger partial charge is 0.465 e. The molecule has 0 aliphatic carbocycles. The van der Waals surface area contributed by atoms with Crippen molar-refractivity contribution in [2.24, 2.45) is 0 Å². The fraction of sp³-hybridized carbons (Fsp3) is 0.222. The number of hydrogen-bond donors (Lipinski definition) is 1. The van der Waals surface area contributed by atoms with E-state index in [1.165, 1.54) is 19.8 Å². The SMILES string of the molecule is COC(=O)c1ccc(N2Cc3ccc(N)cc3C2)cc1C(=O)OC. The smallest absolute Gasteiger partial charge is 0.338 e. The number of ether oxygens (including phenoxy) is 2. The van der Waals surface area contributed by atoms with Gasteiger partial charge in [0.05, 0.1) is 25.3 Å². The third-order valence-electron chi connectivity index (χ3n) is 4.13. The van der Waals surface area contributed by atoms with Crippen molar-refractivity contribution in [2.75, 3.05) is 24.9 Å². The summed E-state index contributed by atoms with van der Waals surface area (Å²) in [5.74, 6) is -1.14. The van der Waals surface area contributed by atoms with E-state index in [0.717, 1.165) is 16.9 Å². The normalized spacial score (nSPS) is 12.7. The van der Waals surface area contributed by atoms with E-state index in [4.69, 9.17) is 15.2 Å². The van der Waals surface area contributed by atoms with Gasteiger partial charge in [-0.05, 0) is 41.5 Å². The summed E-state index contributed by atoms with van der Waals surface area (Å²) < 4.78 is 9.51. The maximum absolute atomic E-state index is 12.0. The zero-order valence-corrected chi connectivity index (χ0v) is 13.5. The van der Waals surface area contributed by atoms with Crippen molar-refractivity contribution in [1.29, 1.82) is 0 Å². The first kappa shape index (κ1) is 15.9. The summed E-state index contributed by atoms with van der Waals surface area (Å²) in [5, 5.41) is 0. The van der Waals surface area contributed by atoms with Crippen molar-refractivity contribution in [3.63, 3.8) is 0 Å². The lowest BCUT2D eigenvalue weighted by Crippen LogP contribution is -2.17. The van der Waals surface area contributed by atoms with Gasteiger partial charge < -0.3 is 20.1 Å². The van der Waals surface area contributed by atoms with Gasteiger partial charge in [0, 0.05) is 24.5 Å². The molecule has 6 nitrogen and oxygen atoms in total. The number of hydrogen-bond acceptors (Lipinski definition) is 6. The van der Waals surface area contributed by atoms with Gasteiger partial charge in [0.25, 0.3) is 0 Å². The summed E-state index contributed by atoms with van der Waals surface area (Å²) in [6.07, 6.45) is 0. The number of nitrogens with two attached hydrogens (primary N) is 1. The molecule has 24 heavy (non-hydrogen) atoms. The number of benzene rings is 2. The van der Waals surface area contributed by atoms with Gasteiger partial charge in [0.1, 0.15) is 0 Å². The number of anilines is 2. The van der Waals surface area contributed by atoms with Crippen LogP contribution in [0.15, 0.2) is 36.4 Å². The van der Waals surface area contributed by atoms with Crippen molar-refractivity contribution in [2.45, 2.75) is 13.1 Å². The Bertz CT molecular complexity index is 817. The first-order valence-electron chi connectivity index (χ1n) is 7.46. The van der Waals surface area contributed by atoms with E-state index < -0.39 is 11.9 Å². The third kappa shape index (κ3) is 2.78. The Hall–Kier alpha value is -3.02. The lowest BCUT2D eigenvalue weighted by atomic mass is 10.1. The second-order valence-electron chi connectivity index (χ2n) is 5.60. The van der Waals surface area contributed by atoms with E-state index in [1.54, 1.807) is 18.2 Å². The Morgan fingerprint density at radius 2 is 1.58 bits per heavy atom. The van der Waals surface area contributed by atoms with Crippen molar-refractivity contribution in [1.82, 2.24) is 0 Å². The first-order chi connectivity index (χ1) is 11.5. The monoisotopic (exact) mass is 326 g/mol. The molecule has 6 heteroatoms. The number of rotatable bonds is 3. The predicted molar refractivity (Wildman–Crippen MR) is 89.9 cm³/mol. The fourth-order valence-corrected chi connectivity index (χ4v) is 2.89. The standard InChI is InChI=1S/C18H18N2O4/c1-23-17(21)15-6-5-14(8-16(15)18(22)24-2)20-9-11-3-4-13(19)7-12(11)10-20/h3-8H,9-10,19H2,1-2H3. The van der Waals surface area contributed by atoms with Crippen LogP contribution in [0, 0.1) is 0 Å². The van der Waals surface area contributed by atoms with Gasteiger partial charge in [-0.1, -0.05) is 6.07 Å². The van der Waals surface area contributed by atoms with Gasteiger partial charge in [0.2, 0.25) is 0 Å². The Morgan fingerprint density at radius 3 is 2.29 bits per heavy atom. The number of nitrogens with zero attached hydrogens (tertiary/aromatic N) is 1. The maximum Gasteiger partial charge on any atom is 0.338 e. The lowest BCUT2D eigenvalue weighted by molar-refractivity contribution is 0.0555. The molecule has 124 valence electrons. The first-order valence-corrected chi connectivity index (χ1v) is 7.46. The second-order valence-corrected chi connectivity index (χ2v) is 5.60. The van der Waals surface area contributed by atoms with Gasteiger partial charge in [-0.3, -0.25) is 0 Å². The fourth-order valence-electron chi connectivity index (χ4n) is 2.89. The minimum absolute atomic E-state index is 0.189. The van der Waals surface area contributed by atoms with Crippen molar-refractivity contribution in [3.05, 3.63) is 58.7 Å². The highest BCUT2D eigenvalue weighted by molar-refractivity contribution is 6.03. The third-order valence-corrected chi connectivity index (χ3v) is 4.13. The number of nitrogen functional groups attached to an aromatic ring is 1. The van der Waals surface area contributed by atoms with E-state index in [2.05, 4.69) is 4.90 Å². The number of esters is 2. The summed E-state index contributed by atoms with van der Waals surface area (Å²) in [6.45, 7) is 1.41. The highest BCUT2D eigenvalue weighted by Crippen LogP contribution is 2.31. The minimum Gasteiger partial charge on any atom is -0.465 e. The summed E-state index contributed by atoms with van der Waals surface area (Å²) in [5.41, 5.74) is 10.1. The zero-order valence-electron chi connectivity index (χ0n) is 13.5. The molecule has 0 aromatic heterocycles. The summed E-state index contributed by atoms with van der Waals surface area (Å²) in [7, 11) is 2.56. The molecule has 0 bridgehead atoms. The van der Waals surface area contributed by atoms with Gasteiger partial charge in [-0.2, -0.15) is 0 Å². The summed E-state index contributed by atoms with van der Waals surface area (Å²) in [6, 6.07) is 10.9. The highest BCUT2D eigenvalue weighted by Gasteiger charge is 2.23. The van der Waals surface area contributed by atoms with Gasteiger partial charge in [-0.15, -0.1) is 0 Å². The molecule has 1 aliphatic rings. The van der Waals surface area contributed by atoms with Gasteiger partial charge >= 0.3 is 11.9 Å². The van der Waals surface area contributed by atoms with Crippen LogP contribution in [0.1, 0.15) is 31.8 Å². The van der Waals surface area contributed by atoms with Gasteiger partial charge in [-0.25, -0.2) is 9.59 Å². The van der Waals surface area contributed by atoms with E-state index in [-0.39, 0.29) is 11.1 Å². The topological polar surface area (TPSA) is 81.9 Å². The van der Waals surface area contributed by atoms with Crippen molar-refractivity contribution >= 4 is 23.3 Å². The minimum atomic E-state index is -0.571. The molecule has 0 radical (unpaired) electrons. The zero-order chi connectivity index (χ0) is 17.3. The summed E-state index contributed by atoms with van der Waals surface area (Å²) in [4.78, 5) is 26.0. The van der Waals surface area contributed by atoms with Crippen LogP contribution >= 0.6 is 0 Å². The number of carbonyl (C=O) groups excluding carboxylic acids is 2. The molecular weight excluding hydrogens is 308 g/mol. The Balaban J connectivity index is 1.95. The van der Waals surface area contributed by atoms with Crippen LogP contribution in [-0.4, -0.2) is 26.2 Å². The van der Waals surface area contributed by atoms with Crippen LogP contribution < -0.4 is 10.6 Å². The molecule has 0 saturated heterocycles. The molecule has 0 spiro atoms. The van der Waals surface area contributed by atoms with Crippen LogP contribution in [-0.2, 0) is 22.6 Å². The Kier molecular flexibility index (Phi) is 4.12. The second kappa shape index (κ2) is 6.23. The molecule has 0 saturated carbocycles. The van der Waals surface area contributed by atoms with E-state index in [0.29, 0.717) is 13.1 Å².